The van der Waals surface area contributed by atoms with Crippen LogP contribution in [0.15, 0.2) is 36.5 Å². The third kappa shape index (κ3) is 4.13. The molecule has 0 spiro atoms. The number of pyridine rings is 1. The number of hydrogen-bond acceptors (Lipinski definition) is 6. The van der Waals surface area contributed by atoms with Crippen molar-refractivity contribution >= 4 is 17.4 Å². The van der Waals surface area contributed by atoms with Crippen LogP contribution >= 0.6 is 0 Å². The van der Waals surface area contributed by atoms with Gasteiger partial charge in [0.25, 0.3) is 0 Å². The number of nitrogens with zero attached hydrogens (tertiary/aromatic N) is 7. The third-order valence-electron chi connectivity index (χ3n) is 4.53. The molecule has 9 heteroatoms. The van der Waals surface area contributed by atoms with Gasteiger partial charge in [0.2, 0.25) is 5.91 Å². The van der Waals surface area contributed by atoms with Gasteiger partial charge in [-0.1, -0.05) is 0 Å². The van der Waals surface area contributed by atoms with Gasteiger partial charge in [0.15, 0.2) is 17.3 Å². The Labute approximate surface area is 167 Å². The van der Waals surface area contributed by atoms with Crippen molar-refractivity contribution in [1.29, 1.82) is 0 Å². The molecule has 0 radical (unpaired) electrons. The zero-order valence-electron chi connectivity index (χ0n) is 16.6. The minimum absolute atomic E-state index is 0.0757. The van der Waals surface area contributed by atoms with Crippen LogP contribution in [0.2, 0.25) is 0 Å². The van der Waals surface area contributed by atoms with E-state index in [1.807, 2.05) is 51.1 Å². The number of anilines is 1. The van der Waals surface area contributed by atoms with Crippen molar-refractivity contribution in [3.8, 4) is 5.82 Å². The van der Waals surface area contributed by atoms with E-state index < -0.39 is 0 Å². The molecular weight excluding hydrogens is 368 g/mol. The Morgan fingerprint density at radius 1 is 1.07 bits per heavy atom. The number of rotatable bonds is 6. The van der Waals surface area contributed by atoms with Crippen molar-refractivity contribution in [2.75, 3.05) is 5.32 Å². The molecule has 0 aromatic carbocycles. The highest BCUT2D eigenvalue weighted by Gasteiger charge is 2.12. The first-order chi connectivity index (χ1) is 14.0. The molecule has 1 N–H and O–H groups in total. The molecule has 0 saturated heterocycles. The number of carbonyl (C=O) groups is 1. The quantitative estimate of drug-likeness (QED) is 0.543. The van der Waals surface area contributed by atoms with E-state index in [-0.39, 0.29) is 5.91 Å². The van der Waals surface area contributed by atoms with Crippen LogP contribution in [0.1, 0.15) is 35.6 Å². The molecule has 0 bridgehead atoms. The number of aromatic nitrogens is 7. The summed E-state index contributed by atoms with van der Waals surface area (Å²) in [6.45, 7) is 5.89. The van der Waals surface area contributed by atoms with Gasteiger partial charge in [-0.25, -0.2) is 9.67 Å². The van der Waals surface area contributed by atoms with E-state index in [2.05, 4.69) is 30.7 Å². The van der Waals surface area contributed by atoms with Gasteiger partial charge in [0.1, 0.15) is 5.82 Å². The second-order valence-corrected chi connectivity index (χ2v) is 7.04. The van der Waals surface area contributed by atoms with E-state index in [1.165, 1.54) is 0 Å². The van der Waals surface area contributed by atoms with Gasteiger partial charge >= 0.3 is 0 Å². The van der Waals surface area contributed by atoms with Crippen LogP contribution in [0, 0.1) is 20.8 Å². The highest BCUT2D eigenvalue weighted by Crippen LogP contribution is 2.13. The van der Waals surface area contributed by atoms with Crippen LogP contribution in [0.5, 0.6) is 0 Å². The summed E-state index contributed by atoms with van der Waals surface area (Å²) in [6, 6.07) is 9.47. The number of amides is 1. The molecule has 4 rings (SSSR count). The Bertz CT molecular complexity index is 1180. The largest absolute Gasteiger partial charge is 0.311 e. The minimum atomic E-state index is -0.0757. The first-order valence-electron chi connectivity index (χ1n) is 9.47. The van der Waals surface area contributed by atoms with Crippen molar-refractivity contribution in [1.82, 2.24) is 34.6 Å². The van der Waals surface area contributed by atoms with Crippen LogP contribution in [-0.2, 0) is 11.2 Å². The van der Waals surface area contributed by atoms with Gasteiger partial charge in [0.05, 0.1) is 5.69 Å². The molecule has 148 valence electrons. The van der Waals surface area contributed by atoms with Crippen LogP contribution in [-0.4, -0.2) is 40.5 Å². The molecule has 4 heterocycles. The van der Waals surface area contributed by atoms with Gasteiger partial charge < -0.3 is 5.32 Å². The zero-order chi connectivity index (χ0) is 20.4. The molecule has 4 aromatic rings. The topological polar surface area (TPSA) is 103 Å². The van der Waals surface area contributed by atoms with Crippen molar-refractivity contribution in [2.45, 2.75) is 40.0 Å². The van der Waals surface area contributed by atoms with E-state index in [4.69, 9.17) is 0 Å². The van der Waals surface area contributed by atoms with E-state index >= 15 is 0 Å². The van der Waals surface area contributed by atoms with Crippen molar-refractivity contribution in [2.24, 2.45) is 0 Å². The Morgan fingerprint density at radius 2 is 1.93 bits per heavy atom. The maximum absolute atomic E-state index is 12.2. The lowest BCUT2D eigenvalue weighted by Gasteiger charge is -2.06. The summed E-state index contributed by atoms with van der Waals surface area (Å²) in [6.07, 6.45) is 3.26. The Balaban J connectivity index is 1.43. The highest BCUT2D eigenvalue weighted by molar-refractivity contribution is 5.89. The van der Waals surface area contributed by atoms with Gasteiger partial charge in [0, 0.05) is 24.7 Å². The number of nitrogens with one attached hydrogen (secondary N) is 1. The summed E-state index contributed by atoms with van der Waals surface area (Å²) in [5, 5.41) is 20.3. The molecule has 0 unspecified atom stereocenters. The lowest BCUT2D eigenvalue weighted by Crippen LogP contribution is -2.13. The fourth-order valence-electron chi connectivity index (χ4n) is 3.17. The average molecular weight is 390 g/mol. The summed E-state index contributed by atoms with van der Waals surface area (Å²) in [5.74, 6) is 1.91. The van der Waals surface area contributed by atoms with Crippen LogP contribution in [0.3, 0.4) is 0 Å². The van der Waals surface area contributed by atoms with Gasteiger partial charge in [-0.3, -0.25) is 4.79 Å². The summed E-state index contributed by atoms with van der Waals surface area (Å²) in [5.41, 5.74) is 3.65. The van der Waals surface area contributed by atoms with Crippen LogP contribution in [0.25, 0.3) is 11.5 Å². The first-order valence-corrected chi connectivity index (χ1v) is 9.47. The molecule has 29 heavy (non-hydrogen) atoms. The summed E-state index contributed by atoms with van der Waals surface area (Å²) in [7, 11) is 0. The third-order valence-corrected chi connectivity index (χ3v) is 4.53. The van der Waals surface area contributed by atoms with E-state index in [1.54, 1.807) is 15.4 Å². The summed E-state index contributed by atoms with van der Waals surface area (Å²) >= 11 is 0. The van der Waals surface area contributed by atoms with E-state index in [9.17, 15) is 4.79 Å². The summed E-state index contributed by atoms with van der Waals surface area (Å²) in [4.78, 5) is 16.3. The van der Waals surface area contributed by atoms with Gasteiger partial charge in [-0.2, -0.15) is 9.61 Å². The molecule has 4 aromatic heterocycles. The second kappa shape index (κ2) is 7.78. The first kappa shape index (κ1) is 18.7. The maximum atomic E-state index is 12.2. The fraction of sp³-hybridized carbons (Fsp3) is 0.300. The number of carbonyl (C=O) groups excluding carboxylic acids is 1. The molecule has 0 aliphatic carbocycles. The number of fused-ring (bicyclic) bond motifs is 1. The molecule has 9 nitrogen and oxygen atoms in total. The summed E-state index contributed by atoms with van der Waals surface area (Å²) < 4.78 is 3.51. The maximum Gasteiger partial charge on any atom is 0.225 e. The van der Waals surface area contributed by atoms with Crippen molar-refractivity contribution in [3.05, 3.63) is 59.3 Å². The normalized spacial score (nSPS) is 11.1. The van der Waals surface area contributed by atoms with Crippen LogP contribution in [0.4, 0.5) is 5.82 Å². The minimum Gasteiger partial charge on any atom is -0.311 e. The Morgan fingerprint density at radius 3 is 2.69 bits per heavy atom. The molecule has 1 amide bonds. The fourth-order valence-corrected chi connectivity index (χ4v) is 3.17. The van der Waals surface area contributed by atoms with E-state index in [0.717, 1.165) is 17.0 Å². The standard InChI is InChI=1S/C20H22N8O/c1-13-9-10-21-16(11-13)22-20(29)6-4-5-17-23-24-18-7-8-19(26-28(17)18)27-15(3)12-14(2)25-27/h7-12H,4-6H2,1-3H3,(H,21,22,29). The lowest BCUT2D eigenvalue weighted by molar-refractivity contribution is -0.116. The predicted octanol–water partition coefficient (Wildman–Crippen LogP) is 2.59. The molecule has 0 fully saturated rings. The molecule has 0 aliphatic rings. The molecular formula is C20H22N8O. The molecule has 0 aliphatic heterocycles. The highest BCUT2D eigenvalue weighted by atomic mass is 16.1. The Kier molecular flexibility index (Phi) is 5.03. The monoisotopic (exact) mass is 390 g/mol. The average Bonchev–Trinajstić information content (AvgIpc) is 3.23. The van der Waals surface area contributed by atoms with Crippen LogP contribution < -0.4 is 5.32 Å². The number of aryl methyl sites for hydroxylation is 4. The predicted molar refractivity (Wildman–Crippen MR) is 108 cm³/mol. The zero-order valence-corrected chi connectivity index (χ0v) is 16.6. The number of hydrogen-bond donors (Lipinski definition) is 1. The smallest absolute Gasteiger partial charge is 0.225 e. The van der Waals surface area contributed by atoms with Gasteiger partial charge in [-0.15, -0.1) is 15.3 Å². The second-order valence-electron chi connectivity index (χ2n) is 7.04. The molecule has 0 saturated carbocycles. The van der Waals surface area contributed by atoms with Gasteiger partial charge in [-0.05, 0) is 63.1 Å². The lowest BCUT2D eigenvalue weighted by atomic mass is 10.2. The molecule has 0 atom stereocenters. The van der Waals surface area contributed by atoms with Crippen molar-refractivity contribution < 1.29 is 4.79 Å². The van der Waals surface area contributed by atoms with E-state index in [0.29, 0.717) is 42.4 Å². The SMILES string of the molecule is Cc1ccnc(NC(=O)CCCc2nnc3ccc(-n4nc(C)cc4C)nn23)c1. The Hall–Kier alpha value is -3.62. The van der Waals surface area contributed by atoms with Crippen molar-refractivity contribution in [3.63, 3.8) is 0 Å².